The minimum absolute atomic E-state index is 0.0162. The van der Waals surface area contributed by atoms with Crippen LogP contribution >= 0.6 is 11.8 Å². The molecule has 5 heteroatoms. The lowest BCUT2D eigenvalue weighted by Crippen LogP contribution is -2.40. The van der Waals surface area contributed by atoms with E-state index in [4.69, 9.17) is 9.47 Å². The van der Waals surface area contributed by atoms with Crippen molar-refractivity contribution >= 4 is 23.5 Å². The third-order valence-electron chi connectivity index (χ3n) is 3.68. The zero-order valence-electron chi connectivity index (χ0n) is 13.3. The van der Waals surface area contributed by atoms with Gasteiger partial charge >= 0.3 is 5.97 Å². The Morgan fingerprint density at radius 1 is 1.12 bits per heavy atom. The number of hydrogen-bond donors (Lipinski definition) is 0. The maximum atomic E-state index is 12.2. The van der Waals surface area contributed by atoms with Crippen LogP contribution in [-0.2, 0) is 14.3 Å². The van der Waals surface area contributed by atoms with E-state index in [1.165, 1.54) is 17.3 Å². The quantitative estimate of drug-likeness (QED) is 0.794. The van der Waals surface area contributed by atoms with Crippen LogP contribution in [0.2, 0.25) is 0 Å². The SMILES string of the molecule is Cc1ccc(SC2CC(=O)COC2OC(=O)c2ccccc2)cc1. The second kappa shape index (κ2) is 7.64. The van der Waals surface area contributed by atoms with Gasteiger partial charge in [0.15, 0.2) is 5.78 Å². The smallest absolute Gasteiger partial charge is 0.340 e. The van der Waals surface area contributed by atoms with Gasteiger partial charge < -0.3 is 9.47 Å². The van der Waals surface area contributed by atoms with Gasteiger partial charge in [-0.05, 0) is 31.2 Å². The summed E-state index contributed by atoms with van der Waals surface area (Å²) in [5, 5.41) is -0.249. The van der Waals surface area contributed by atoms with Crippen molar-refractivity contribution < 1.29 is 19.1 Å². The topological polar surface area (TPSA) is 52.6 Å². The van der Waals surface area contributed by atoms with E-state index in [-0.39, 0.29) is 17.6 Å². The van der Waals surface area contributed by atoms with Crippen molar-refractivity contribution in [3.8, 4) is 0 Å². The monoisotopic (exact) mass is 342 g/mol. The number of carbonyl (C=O) groups is 2. The highest BCUT2D eigenvalue weighted by molar-refractivity contribution is 8.00. The van der Waals surface area contributed by atoms with E-state index in [2.05, 4.69) is 0 Å². The largest absolute Gasteiger partial charge is 0.431 e. The molecule has 1 saturated heterocycles. The van der Waals surface area contributed by atoms with Gasteiger partial charge in [-0.2, -0.15) is 0 Å². The lowest BCUT2D eigenvalue weighted by atomic mass is 10.1. The lowest BCUT2D eigenvalue weighted by molar-refractivity contribution is -0.153. The van der Waals surface area contributed by atoms with Crippen molar-refractivity contribution in [3.63, 3.8) is 0 Å². The van der Waals surface area contributed by atoms with Gasteiger partial charge in [0, 0.05) is 11.3 Å². The first-order chi connectivity index (χ1) is 11.6. The number of ketones is 1. The Hall–Kier alpha value is -2.11. The molecular formula is C19H18O4S. The third kappa shape index (κ3) is 4.24. The van der Waals surface area contributed by atoms with Crippen molar-refractivity contribution in [1.29, 1.82) is 0 Å². The van der Waals surface area contributed by atoms with Crippen LogP contribution in [0.15, 0.2) is 59.5 Å². The number of hydrogen-bond acceptors (Lipinski definition) is 5. The van der Waals surface area contributed by atoms with Gasteiger partial charge in [0.05, 0.1) is 10.8 Å². The third-order valence-corrected chi connectivity index (χ3v) is 4.92. The number of rotatable bonds is 4. The number of esters is 1. The molecule has 0 amide bonds. The summed E-state index contributed by atoms with van der Waals surface area (Å²) in [6.45, 7) is 2.00. The number of thioether (sulfide) groups is 1. The van der Waals surface area contributed by atoms with E-state index in [0.717, 1.165) is 4.90 Å². The molecule has 1 aliphatic rings. The minimum Gasteiger partial charge on any atom is -0.431 e. The predicted molar refractivity (Wildman–Crippen MR) is 92.0 cm³/mol. The molecule has 24 heavy (non-hydrogen) atoms. The van der Waals surface area contributed by atoms with Crippen LogP contribution < -0.4 is 0 Å². The van der Waals surface area contributed by atoms with Gasteiger partial charge in [-0.3, -0.25) is 4.79 Å². The molecule has 1 aliphatic heterocycles. The lowest BCUT2D eigenvalue weighted by Gasteiger charge is -2.29. The molecule has 0 saturated carbocycles. The van der Waals surface area contributed by atoms with Gasteiger partial charge in [0.25, 0.3) is 0 Å². The summed E-state index contributed by atoms with van der Waals surface area (Å²) in [4.78, 5) is 25.0. The Balaban J connectivity index is 1.70. The molecule has 0 aliphatic carbocycles. The average Bonchev–Trinajstić information content (AvgIpc) is 2.60. The molecule has 0 radical (unpaired) electrons. The predicted octanol–water partition coefficient (Wildman–Crippen LogP) is 3.63. The van der Waals surface area contributed by atoms with Crippen LogP contribution in [-0.4, -0.2) is 29.9 Å². The van der Waals surface area contributed by atoms with Gasteiger partial charge in [0.2, 0.25) is 6.29 Å². The average molecular weight is 342 g/mol. The molecule has 2 atom stereocenters. The molecule has 0 spiro atoms. The molecule has 2 aromatic rings. The van der Waals surface area contributed by atoms with Crippen LogP contribution in [0, 0.1) is 6.92 Å². The second-order valence-electron chi connectivity index (χ2n) is 5.66. The van der Waals surface area contributed by atoms with Gasteiger partial charge in [0.1, 0.15) is 6.61 Å². The van der Waals surface area contributed by atoms with Crippen molar-refractivity contribution in [2.75, 3.05) is 6.61 Å². The molecule has 3 rings (SSSR count). The first-order valence-corrected chi connectivity index (χ1v) is 8.62. The zero-order chi connectivity index (χ0) is 16.9. The Bertz CT molecular complexity index is 712. The molecule has 1 heterocycles. The van der Waals surface area contributed by atoms with E-state index in [1.807, 2.05) is 37.3 Å². The van der Waals surface area contributed by atoms with Crippen molar-refractivity contribution in [2.45, 2.75) is 29.8 Å². The van der Waals surface area contributed by atoms with E-state index < -0.39 is 12.3 Å². The normalized spacial score (nSPS) is 20.6. The number of carbonyl (C=O) groups excluding carboxylic acids is 2. The summed E-state index contributed by atoms with van der Waals surface area (Å²) in [6, 6.07) is 16.8. The van der Waals surface area contributed by atoms with E-state index in [1.54, 1.807) is 24.3 Å². The standard InChI is InChI=1S/C19H18O4S/c1-13-7-9-16(10-8-13)24-17-11-15(20)12-22-19(17)23-18(21)14-5-3-2-4-6-14/h2-10,17,19H,11-12H2,1H3. The summed E-state index contributed by atoms with van der Waals surface area (Å²) in [6.07, 6.45) is -0.410. The van der Waals surface area contributed by atoms with Crippen LogP contribution in [0.3, 0.4) is 0 Å². The van der Waals surface area contributed by atoms with Crippen molar-refractivity contribution in [3.05, 3.63) is 65.7 Å². The van der Waals surface area contributed by atoms with Crippen LogP contribution in [0.25, 0.3) is 0 Å². The Morgan fingerprint density at radius 3 is 2.54 bits per heavy atom. The molecule has 0 aromatic heterocycles. The minimum atomic E-state index is -0.735. The number of ether oxygens (including phenoxy) is 2. The highest BCUT2D eigenvalue weighted by atomic mass is 32.2. The molecule has 2 aromatic carbocycles. The summed E-state index contributed by atoms with van der Waals surface area (Å²) >= 11 is 1.50. The van der Waals surface area contributed by atoms with Crippen LogP contribution in [0.5, 0.6) is 0 Å². The summed E-state index contributed by atoms with van der Waals surface area (Å²) in [5.74, 6) is -0.420. The summed E-state index contributed by atoms with van der Waals surface area (Å²) in [5.41, 5.74) is 1.64. The van der Waals surface area contributed by atoms with Gasteiger partial charge in [-0.15, -0.1) is 11.8 Å². The molecule has 2 unspecified atom stereocenters. The van der Waals surface area contributed by atoms with E-state index in [0.29, 0.717) is 12.0 Å². The first-order valence-electron chi connectivity index (χ1n) is 7.74. The molecule has 4 nitrogen and oxygen atoms in total. The molecule has 0 N–H and O–H groups in total. The van der Waals surface area contributed by atoms with Crippen LogP contribution in [0.4, 0.5) is 0 Å². The number of benzene rings is 2. The van der Waals surface area contributed by atoms with Crippen molar-refractivity contribution in [2.24, 2.45) is 0 Å². The zero-order valence-corrected chi connectivity index (χ0v) is 14.1. The molecule has 124 valence electrons. The van der Waals surface area contributed by atoms with E-state index in [9.17, 15) is 9.59 Å². The fourth-order valence-electron chi connectivity index (χ4n) is 2.41. The fourth-order valence-corrected chi connectivity index (χ4v) is 3.57. The Morgan fingerprint density at radius 2 is 1.83 bits per heavy atom. The number of Topliss-reactive ketones (excluding diaryl/α,β-unsaturated/α-hetero) is 1. The second-order valence-corrected chi connectivity index (χ2v) is 6.98. The highest BCUT2D eigenvalue weighted by Gasteiger charge is 2.34. The number of aryl methyl sites for hydroxylation is 1. The molecule has 0 bridgehead atoms. The fraction of sp³-hybridized carbons (Fsp3) is 0.263. The first kappa shape index (κ1) is 16.7. The molecular weight excluding hydrogens is 324 g/mol. The van der Waals surface area contributed by atoms with E-state index >= 15 is 0 Å². The maximum Gasteiger partial charge on any atom is 0.340 e. The Kier molecular flexibility index (Phi) is 5.33. The van der Waals surface area contributed by atoms with Crippen LogP contribution in [0.1, 0.15) is 22.3 Å². The summed E-state index contributed by atoms with van der Waals surface area (Å²) in [7, 11) is 0. The summed E-state index contributed by atoms with van der Waals surface area (Å²) < 4.78 is 11.0. The van der Waals surface area contributed by atoms with Gasteiger partial charge in [-0.1, -0.05) is 35.9 Å². The maximum absolute atomic E-state index is 12.2. The molecule has 1 fully saturated rings. The van der Waals surface area contributed by atoms with Crippen molar-refractivity contribution in [1.82, 2.24) is 0 Å². The Labute approximate surface area is 145 Å². The van der Waals surface area contributed by atoms with Gasteiger partial charge in [-0.25, -0.2) is 4.79 Å². The highest BCUT2D eigenvalue weighted by Crippen LogP contribution is 2.32.